The van der Waals surface area contributed by atoms with Gasteiger partial charge in [-0.15, -0.1) is 0 Å². The summed E-state index contributed by atoms with van der Waals surface area (Å²) in [5.74, 6) is -2.28. The summed E-state index contributed by atoms with van der Waals surface area (Å²) in [6.45, 7) is 5.00. The van der Waals surface area contributed by atoms with Crippen LogP contribution in [0.3, 0.4) is 0 Å². The number of amides is 3. The number of rotatable bonds is 7. The third-order valence-corrected chi connectivity index (χ3v) is 4.12. The maximum atomic E-state index is 14.5. The van der Waals surface area contributed by atoms with E-state index in [2.05, 4.69) is 5.32 Å². The lowest BCUT2D eigenvalue weighted by atomic mass is 10.1. The number of carbonyl (C=O) groups is 3. The Balaban J connectivity index is 2.14. The van der Waals surface area contributed by atoms with Crippen LogP contribution >= 0.6 is 0 Å². The highest BCUT2D eigenvalue weighted by atomic mass is 19.1. The van der Waals surface area contributed by atoms with E-state index in [0.717, 1.165) is 6.07 Å². The number of nitrogens with two attached hydrogens (primary N) is 1. The molecule has 0 bridgehead atoms. The molecular formula is C18H25FN4O4. The van der Waals surface area contributed by atoms with Crippen molar-refractivity contribution in [3.63, 3.8) is 0 Å². The van der Waals surface area contributed by atoms with Crippen molar-refractivity contribution in [2.75, 3.05) is 43.6 Å². The zero-order chi connectivity index (χ0) is 20.1. The summed E-state index contributed by atoms with van der Waals surface area (Å²) in [5.41, 5.74) is 5.64. The monoisotopic (exact) mass is 380 g/mol. The summed E-state index contributed by atoms with van der Waals surface area (Å²) in [5, 5.41) is 2.40. The number of ether oxygens (including phenoxy) is 1. The fourth-order valence-corrected chi connectivity index (χ4v) is 2.99. The lowest BCUT2D eigenvalue weighted by Gasteiger charge is -2.27. The Morgan fingerprint density at radius 1 is 1.41 bits per heavy atom. The molecule has 1 aliphatic rings. The Bertz CT molecular complexity index is 725. The molecule has 0 unspecified atom stereocenters. The number of benzene rings is 1. The molecule has 148 valence electrons. The second-order valence-electron chi connectivity index (χ2n) is 6.89. The van der Waals surface area contributed by atoms with Crippen molar-refractivity contribution < 1.29 is 23.5 Å². The molecule has 1 heterocycles. The van der Waals surface area contributed by atoms with Gasteiger partial charge in [0.1, 0.15) is 12.4 Å². The number of morpholine rings is 1. The predicted octanol–water partition coefficient (Wildman–Crippen LogP) is 0.569. The van der Waals surface area contributed by atoms with Crippen LogP contribution < -0.4 is 16.0 Å². The molecular weight excluding hydrogens is 355 g/mol. The second-order valence-corrected chi connectivity index (χ2v) is 6.89. The van der Waals surface area contributed by atoms with Gasteiger partial charge in [-0.05, 0) is 31.2 Å². The number of anilines is 2. The molecule has 1 aliphatic heterocycles. The number of halogens is 1. The average Bonchev–Trinajstić information content (AvgIpc) is 2.56. The summed E-state index contributed by atoms with van der Waals surface area (Å²) in [6.07, 6.45) is 0. The van der Waals surface area contributed by atoms with E-state index in [1.165, 1.54) is 21.9 Å². The first-order valence-electron chi connectivity index (χ1n) is 8.68. The van der Waals surface area contributed by atoms with Crippen molar-refractivity contribution in [2.24, 2.45) is 11.7 Å². The zero-order valence-electron chi connectivity index (χ0n) is 15.7. The van der Waals surface area contributed by atoms with Crippen molar-refractivity contribution in [3.05, 3.63) is 24.0 Å². The molecule has 3 amide bonds. The molecule has 1 atom stereocenters. The first-order valence-corrected chi connectivity index (χ1v) is 8.68. The summed E-state index contributed by atoms with van der Waals surface area (Å²) in [4.78, 5) is 39.0. The molecule has 0 radical (unpaired) electrons. The van der Waals surface area contributed by atoms with Gasteiger partial charge in [-0.25, -0.2) is 4.39 Å². The molecule has 8 nitrogen and oxygen atoms in total. The molecule has 1 aromatic rings. The van der Waals surface area contributed by atoms with Gasteiger partial charge in [0.2, 0.25) is 5.91 Å². The standard InChI is InChI=1S/C18H25FN4O4/c1-11(2)9-22(3)16(17(20)25)18(26)21-14-5-4-12(8-13(14)19)23-6-7-27-10-15(23)24/h4-5,8,11,16H,6-7,9-10H2,1-3H3,(H2,20,25)(H,21,26)/t16-/m0/s1. The molecule has 0 saturated carbocycles. The van der Waals surface area contributed by atoms with Crippen LogP contribution in [0.1, 0.15) is 13.8 Å². The van der Waals surface area contributed by atoms with E-state index in [0.29, 0.717) is 25.4 Å². The van der Waals surface area contributed by atoms with Gasteiger partial charge < -0.3 is 20.7 Å². The van der Waals surface area contributed by atoms with Gasteiger partial charge in [0.15, 0.2) is 6.04 Å². The van der Waals surface area contributed by atoms with E-state index >= 15 is 0 Å². The fraction of sp³-hybridized carbons (Fsp3) is 0.500. The highest BCUT2D eigenvalue weighted by Gasteiger charge is 2.30. The molecule has 2 rings (SSSR count). The van der Waals surface area contributed by atoms with Crippen molar-refractivity contribution in [1.82, 2.24) is 4.90 Å². The Morgan fingerprint density at radius 3 is 2.67 bits per heavy atom. The minimum atomic E-state index is -1.22. The van der Waals surface area contributed by atoms with Crippen LogP contribution in [0.4, 0.5) is 15.8 Å². The van der Waals surface area contributed by atoms with Crippen LogP contribution in [0.25, 0.3) is 0 Å². The lowest BCUT2D eigenvalue weighted by Crippen LogP contribution is -2.51. The van der Waals surface area contributed by atoms with Crippen LogP contribution in [0.2, 0.25) is 0 Å². The van der Waals surface area contributed by atoms with Crippen molar-refractivity contribution >= 4 is 29.1 Å². The Labute approximate surface area is 157 Å². The summed E-state index contributed by atoms with van der Waals surface area (Å²) >= 11 is 0. The van der Waals surface area contributed by atoms with Gasteiger partial charge >= 0.3 is 0 Å². The highest BCUT2D eigenvalue weighted by Crippen LogP contribution is 2.23. The third kappa shape index (κ3) is 5.24. The fourth-order valence-electron chi connectivity index (χ4n) is 2.99. The third-order valence-electron chi connectivity index (χ3n) is 4.12. The lowest BCUT2D eigenvalue weighted by molar-refractivity contribution is -0.132. The number of hydrogen-bond donors (Lipinski definition) is 2. The SMILES string of the molecule is CC(C)CN(C)[C@@H](C(N)=O)C(=O)Nc1ccc(N2CCOCC2=O)cc1F. The molecule has 3 N–H and O–H groups in total. The Kier molecular flexibility index (Phi) is 6.86. The van der Waals surface area contributed by atoms with E-state index < -0.39 is 23.7 Å². The number of nitrogens with one attached hydrogen (secondary N) is 1. The first kappa shape index (κ1) is 20.8. The number of likely N-dealkylation sites (N-methyl/N-ethyl adjacent to an activating group) is 1. The molecule has 0 aliphatic carbocycles. The van der Waals surface area contributed by atoms with Crippen LogP contribution in [-0.4, -0.2) is 62.0 Å². The summed E-state index contributed by atoms with van der Waals surface area (Å²) < 4.78 is 19.5. The largest absolute Gasteiger partial charge is 0.370 e. The van der Waals surface area contributed by atoms with Crippen LogP contribution in [-0.2, 0) is 19.1 Å². The number of carbonyl (C=O) groups excluding carboxylic acids is 3. The summed E-state index contributed by atoms with van der Waals surface area (Å²) in [7, 11) is 1.61. The summed E-state index contributed by atoms with van der Waals surface area (Å²) in [6, 6.07) is 2.83. The molecule has 27 heavy (non-hydrogen) atoms. The molecule has 1 aromatic carbocycles. The number of hydrogen-bond acceptors (Lipinski definition) is 5. The van der Waals surface area contributed by atoms with Crippen molar-refractivity contribution in [2.45, 2.75) is 19.9 Å². The average molecular weight is 380 g/mol. The van der Waals surface area contributed by atoms with Gasteiger partial charge in [-0.2, -0.15) is 0 Å². The van der Waals surface area contributed by atoms with Gasteiger partial charge in [-0.1, -0.05) is 13.8 Å². The van der Waals surface area contributed by atoms with E-state index in [4.69, 9.17) is 10.5 Å². The van der Waals surface area contributed by atoms with E-state index in [9.17, 15) is 18.8 Å². The Hall–Kier alpha value is -2.52. The molecule has 1 saturated heterocycles. The number of nitrogens with zero attached hydrogens (tertiary/aromatic N) is 2. The minimum absolute atomic E-state index is 0.0530. The maximum Gasteiger partial charge on any atom is 0.253 e. The van der Waals surface area contributed by atoms with E-state index in [1.807, 2.05) is 13.8 Å². The topological polar surface area (TPSA) is 105 Å². The highest BCUT2D eigenvalue weighted by molar-refractivity contribution is 6.09. The molecule has 0 spiro atoms. The smallest absolute Gasteiger partial charge is 0.253 e. The second kappa shape index (κ2) is 8.92. The minimum Gasteiger partial charge on any atom is -0.370 e. The van der Waals surface area contributed by atoms with Gasteiger partial charge in [0, 0.05) is 18.8 Å². The number of primary amides is 1. The van der Waals surface area contributed by atoms with Crippen molar-refractivity contribution in [3.8, 4) is 0 Å². The van der Waals surface area contributed by atoms with Crippen LogP contribution in [0.15, 0.2) is 18.2 Å². The van der Waals surface area contributed by atoms with E-state index in [-0.39, 0.29) is 24.1 Å². The van der Waals surface area contributed by atoms with Crippen LogP contribution in [0, 0.1) is 11.7 Å². The molecule has 1 fully saturated rings. The van der Waals surface area contributed by atoms with Gasteiger partial charge in [0.05, 0.1) is 12.3 Å². The van der Waals surface area contributed by atoms with Crippen molar-refractivity contribution in [1.29, 1.82) is 0 Å². The van der Waals surface area contributed by atoms with Gasteiger partial charge in [0.25, 0.3) is 11.8 Å². The van der Waals surface area contributed by atoms with E-state index in [1.54, 1.807) is 7.05 Å². The molecule has 0 aromatic heterocycles. The predicted molar refractivity (Wildman–Crippen MR) is 98.7 cm³/mol. The Morgan fingerprint density at radius 2 is 2.11 bits per heavy atom. The molecule has 9 heteroatoms. The van der Waals surface area contributed by atoms with Crippen LogP contribution in [0.5, 0.6) is 0 Å². The normalized spacial score (nSPS) is 15.9. The van der Waals surface area contributed by atoms with Gasteiger partial charge in [-0.3, -0.25) is 19.3 Å². The first-order chi connectivity index (χ1) is 12.7. The quantitative estimate of drug-likeness (QED) is 0.673. The zero-order valence-corrected chi connectivity index (χ0v) is 15.7. The maximum absolute atomic E-state index is 14.5.